The molecule has 4 rings (SSSR count). The SMILES string of the molecule is COC(=O)c1ccccc1NC(=O)c1c(NC(=O)c2ccc(Br)cc2)sc2c1CCC(C(C)(C)C)C2. The highest BCUT2D eigenvalue weighted by Gasteiger charge is 2.34. The molecule has 2 aromatic carbocycles. The Morgan fingerprint density at radius 3 is 2.36 bits per heavy atom. The van der Waals surface area contributed by atoms with Crippen LogP contribution in [0.3, 0.4) is 0 Å². The monoisotopic (exact) mass is 568 g/mol. The number of carbonyl (C=O) groups is 3. The number of hydrogen-bond donors (Lipinski definition) is 2. The number of halogens is 1. The van der Waals surface area contributed by atoms with Gasteiger partial charge < -0.3 is 15.4 Å². The molecule has 0 saturated carbocycles. The molecule has 2 amide bonds. The molecule has 0 saturated heterocycles. The van der Waals surface area contributed by atoms with Crippen molar-refractivity contribution in [3.63, 3.8) is 0 Å². The number of anilines is 2. The van der Waals surface area contributed by atoms with E-state index in [-0.39, 0.29) is 22.8 Å². The summed E-state index contributed by atoms with van der Waals surface area (Å²) < 4.78 is 5.75. The highest BCUT2D eigenvalue weighted by atomic mass is 79.9. The summed E-state index contributed by atoms with van der Waals surface area (Å²) in [5.41, 5.74) is 2.71. The van der Waals surface area contributed by atoms with E-state index in [0.717, 1.165) is 34.2 Å². The van der Waals surface area contributed by atoms with Gasteiger partial charge >= 0.3 is 5.97 Å². The molecule has 1 unspecified atom stereocenters. The Labute approximate surface area is 223 Å². The molecule has 0 radical (unpaired) electrons. The number of methoxy groups -OCH3 is 1. The van der Waals surface area contributed by atoms with Gasteiger partial charge in [-0.25, -0.2) is 4.79 Å². The number of carbonyl (C=O) groups excluding carboxylic acids is 3. The van der Waals surface area contributed by atoms with E-state index in [1.165, 1.54) is 18.4 Å². The second-order valence-electron chi connectivity index (χ2n) is 9.97. The summed E-state index contributed by atoms with van der Waals surface area (Å²) in [4.78, 5) is 40.1. The van der Waals surface area contributed by atoms with Gasteiger partial charge in [-0.15, -0.1) is 11.3 Å². The van der Waals surface area contributed by atoms with Crippen LogP contribution in [0.2, 0.25) is 0 Å². The van der Waals surface area contributed by atoms with Crippen LogP contribution in [0, 0.1) is 11.3 Å². The van der Waals surface area contributed by atoms with Gasteiger partial charge in [-0.3, -0.25) is 9.59 Å². The van der Waals surface area contributed by atoms with Gasteiger partial charge in [0.15, 0.2) is 0 Å². The zero-order valence-corrected chi connectivity index (χ0v) is 23.1. The number of para-hydroxylation sites is 1. The number of amides is 2. The van der Waals surface area contributed by atoms with Crippen molar-refractivity contribution in [1.82, 2.24) is 0 Å². The fourth-order valence-corrected chi connectivity index (χ4v) is 6.08. The second-order valence-corrected chi connectivity index (χ2v) is 12.0. The van der Waals surface area contributed by atoms with Gasteiger partial charge in [0.05, 0.1) is 23.9 Å². The van der Waals surface area contributed by atoms with E-state index < -0.39 is 5.97 Å². The van der Waals surface area contributed by atoms with Crippen LogP contribution in [0.15, 0.2) is 53.0 Å². The number of ether oxygens (including phenoxy) is 1. The molecule has 0 fully saturated rings. The molecule has 8 heteroatoms. The third-order valence-corrected chi connectivity index (χ3v) is 8.33. The molecule has 1 aliphatic rings. The Balaban J connectivity index is 1.71. The lowest BCUT2D eigenvalue weighted by Gasteiger charge is -2.33. The average molecular weight is 570 g/mol. The molecular formula is C28H29BrN2O4S. The molecule has 2 N–H and O–H groups in total. The van der Waals surface area contributed by atoms with Crippen molar-refractivity contribution in [3.8, 4) is 0 Å². The summed E-state index contributed by atoms with van der Waals surface area (Å²) in [5.74, 6) is -0.689. The van der Waals surface area contributed by atoms with E-state index in [0.29, 0.717) is 27.7 Å². The van der Waals surface area contributed by atoms with Crippen molar-refractivity contribution >= 4 is 55.7 Å². The van der Waals surface area contributed by atoms with Crippen molar-refractivity contribution in [2.24, 2.45) is 11.3 Å². The molecule has 36 heavy (non-hydrogen) atoms. The van der Waals surface area contributed by atoms with E-state index in [1.54, 1.807) is 48.5 Å². The van der Waals surface area contributed by atoms with Crippen molar-refractivity contribution in [3.05, 3.63) is 80.1 Å². The predicted octanol–water partition coefficient (Wildman–Crippen LogP) is 6.95. The summed E-state index contributed by atoms with van der Waals surface area (Å²) in [6, 6.07) is 13.8. The minimum Gasteiger partial charge on any atom is -0.465 e. The Kier molecular flexibility index (Phi) is 7.66. The lowest BCUT2D eigenvalue weighted by Crippen LogP contribution is -2.27. The molecule has 0 aliphatic heterocycles. The molecule has 6 nitrogen and oxygen atoms in total. The third-order valence-electron chi connectivity index (χ3n) is 6.63. The van der Waals surface area contributed by atoms with Crippen LogP contribution in [0.1, 0.15) is 68.7 Å². The lowest BCUT2D eigenvalue weighted by atomic mass is 9.72. The number of hydrogen-bond acceptors (Lipinski definition) is 5. The molecule has 1 aromatic heterocycles. The quantitative estimate of drug-likeness (QED) is 0.326. The summed E-state index contributed by atoms with van der Waals surface area (Å²) >= 11 is 4.86. The van der Waals surface area contributed by atoms with E-state index in [4.69, 9.17) is 4.74 Å². The summed E-state index contributed by atoms with van der Waals surface area (Å²) in [7, 11) is 1.30. The number of nitrogens with one attached hydrogen (secondary N) is 2. The molecule has 188 valence electrons. The summed E-state index contributed by atoms with van der Waals surface area (Å²) in [6.45, 7) is 6.72. The Hall–Kier alpha value is -2.97. The zero-order valence-electron chi connectivity index (χ0n) is 20.7. The average Bonchev–Trinajstić information content (AvgIpc) is 3.20. The van der Waals surface area contributed by atoms with E-state index >= 15 is 0 Å². The minimum absolute atomic E-state index is 0.143. The molecule has 0 bridgehead atoms. The van der Waals surface area contributed by atoms with Crippen LogP contribution in [0.25, 0.3) is 0 Å². The highest BCUT2D eigenvalue weighted by Crippen LogP contribution is 2.44. The Morgan fingerprint density at radius 2 is 1.69 bits per heavy atom. The van der Waals surface area contributed by atoms with Crippen molar-refractivity contribution in [2.75, 3.05) is 17.7 Å². The standard InChI is InChI=1S/C28H29BrN2O4S/c1-28(2,3)17-11-14-20-22(15-17)36-26(31-24(32)16-9-12-18(29)13-10-16)23(20)25(33)30-21-8-6-5-7-19(21)27(34)35-4/h5-10,12-13,17H,11,14-15H2,1-4H3,(H,30,33)(H,31,32). The first-order chi connectivity index (χ1) is 17.1. The van der Waals surface area contributed by atoms with Gasteiger partial charge in [0, 0.05) is 14.9 Å². The van der Waals surface area contributed by atoms with Crippen LogP contribution in [-0.4, -0.2) is 24.9 Å². The smallest absolute Gasteiger partial charge is 0.339 e. The largest absolute Gasteiger partial charge is 0.465 e. The van der Waals surface area contributed by atoms with E-state index in [9.17, 15) is 14.4 Å². The van der Waals surface area contributed by atoms with Crippen molar-refractivity contribution in [1.29, 1.82) is 0 Å². The topological polar surface area (TPSA) is 84.5 Å². The molecule has 0 spiro atoms. The maximum Gasteiger partial charge on any atom is 0.339 e. The van der Waals surface area contributed by atoms with Crippen LogP contribution in [0.5, 0.6) is 0 Å². The van der Waals surface area contributed by atoms with Gasteiger partial charge in [0.2, 0.25) is 0 Å². The fraction of sp³-hybridized carbons (Fsp3) is 0.321. The molecule has 1 heterocycles. The summed E-state index contributed by atoms with van der Waals surface area (Å²) in [6.07, 6.45) is 2.58. The first kappa shape index (κ1) is 26.1. The van der Waals surface area contributed by atoms with Crippen molar-refractivity contribution < 1.29 is 19.1 Å². The molecule has 3 aromatic rings. The van der Waals surface area contributed by atoms with Crippen LogP contribution in [0.4, 0.5) is 10.7 Å². The van der Waals surface area contributed by atoms with Gasteiger partial charge in [0.25, 0.3) is 11.8 Å². The number of esters is 1. The number of fused-ring (bicyclic) bond motifs is 1. The minimum atomic E-state index is -0.532. The van der Waals surface area contributed by atoms with Crippen LogP contribution in [-0.2, 0) is 17.6 Å². The number of thiophene rings is 1. The summed E-state index contributed by atoms with van der Waals surface area (Å²) in [5, 5.41) is 6.40. The maximum absolute atomic E-state index is 13.7. The van der Waals surface area contributed by atoms with Crippen molar-refractivity contribution in [2.45, 2.75) is 40.0 Å². The zero-order chi connectivity index (χ0) is 26.0. The second kappa shape index (κ2) is 10.6. The molecule has 1 atom stereocenters. The van der Waals surface area contributed by atoms with Gasteiger partial charge in [0.1, 0.15) is 5.00 Å². The van der Waals surface area contributed by atoms with Crippen LogP contribution < -0.4 is 10.6 Å². The first-order valence-electron chi connectivity index (χ1n) is 11.8. The third kappa shape index (κ3) is 5.55. The van der Waals surface area contributed by atoms with E-state index in [1.807, 2.05) is 0 Å². The van der Waals surface area contributed by atoms with Gasteiger partial charge in [-0.1, -0.05) is 48.8 Å². The number of rotatable bonds is 5. The number of benzene rings is 2. The lowest BCUT2D eigenvalue weighted by molar-refractivity contribution is 0.0601. The molecular weight excluding hydrogens is 540 g/mol. The molecule has 1 aliphatic carbocycles. The highest BCUT2D eigenvalue weighted by molar-refractivity contribution is 9.10. The Bertz CT molecular complexity index is 1310. The first-order valence-corrected chi connectivity index (χ1v) is 13.4. The predicted molar refractivity (Wildman–Crippen MR) is 147 cm³/mol. The van der Waals surface area contributed by atoms with Gasteiger partial charge in [-0.05, 0) is 72.6 Å². The normalized spacial score (nSPS) is 15.1. The van der Waals surface area contributed by atoms with Crippen LogP contribution >= 0.6 is 27.3 Å². The maximum atomic E-state index is 13.7. The fourth-order valence-electron chi connectivity index (χ4n) is 4.49. The van der Waals surface area contributed by atoms with E-state index in [2.05, 4.69) is 47.3 Å². The Morgan fingerprint density at radius 1 is 1.00 bits per heavy atom. The van der Waals surface area contributed by atoms with Gasteiger partial charge in [-0.2, -0.15) is 0 Å².